The lowest BCUT2D eigenvalue weighted by atomic mass is 10.1. The van der Waals surface area contributed by atoms with Crippen LogP contribution >= 0.6 is 0 Å². The minimum atomic E-state index is -0.591. The molecule has 0 aliphatic carbocycles. The Morgan fingerprint density at radius 1 is 1.25 bits per heavy atom. The summed E-state index contributed by atoms with van der Waals surface area (Å²) in [5.74, 6) is 1.33. The van der Waals surface area contributed by atoms with Crippen LogP contribution in [-0.2, 0) is 6.61 Å². The third-order valence-corrected chi connectivity index (χ3v) is 3.00. The molecule has 0 aliphatic heterocycles. The monoisotopic (exact) mass is 273 g/mol. The minimum absolute atomic E-state index is 0.404. The Kier molecular flexibility index (Phi) is 4.58. The second kappa shape index (κ2) is 6.39. The molecule has 4 nitrogen and oxygen atoms in total. The quantitative estimate of drug-likeness (QED) is 0.909. The summed E-state index contributed by atoms with van der Waals surface area (Å²) < 4.78 is 11.0. The van der Waals surface area contributed by atoms with Gasteiger partial charge in [-0.15, -0.1) is 0 Å². The summed E-state index contributed by atoms with van der Waals surface area (Å²) in [6.07, 6.45) is 2.98. The summed E-state index contributed by atoms with van der Waals surface area (Å²) in [7, 11) is 1.60. The van der Waals surface area contributed by atoms with Gasteiger partial charge in [-0.1, -0.05) is 0 Å². The van der Waals surface area contributed by atoms with Crippen LogP contribution in [0.4, 0.5) is 0 Å². The Labute approximate surface area is 119 Å². The summed E-state index contributed by atoms with van der Waals surface area (Å²) in [5.41, 5.74) is 2.82. The molecule has 1 aromatic carbocycles. The molecule has 1 heterocycles. The van der Waals surface area contributed by atoms with Crippen molar-refractivity contribution in [2.45, 2.75) is 26.6 Å². The molecule has 0 saturated carbocycles. The average Bonchev–Trinajstić information content (AvgIpc) is 2.44. The van der Waals surface area contributed by atoms with Crippen LogP contribution in [0, 0.1) is 6.92 Å². The summed E-state index contributed by atoms with van der Waals surface area (Å²) in [4.78, 5) is 4.13. The third kappa shape index (κ3) is 3.48. The maximum atomic E-state index is 9.78. The molecule has 1 aromatic heterocycles. The van der Waals surface area contributed by atoms with E-state index in [0.717, 1.165) is 16.7 Å². The topological polar surface area (TPSA) is 51.6 Å². The number of aliphatic hydroxyl groups is 1. The molecule has 0 radical (unpaired) electrons. The Hall–Kier alpha value is -2.07. The number of ether oxygens (including phenoxy) is 2. The number of rotatable bonds is 5. The zero-order valence-corrected chi connectivity index (χ0v) is 12.0. The van der Waals surface area contributed by atoms with Crippen LogP contribution < -0.4 is 9.47 Å². The summed E-state index contributed by atoms with van der Waals surface area (Å²) >= 11 is 0. The van der Waals surface area contributed by atoms with E-state index in [4.69, 9.17) is 9.47 Å². The highest BCUT2D eigenvalue weighted by Gasteiger charge is 2.11. The van der Waals surface area contributed by atoms with E-state index in [-0.39, 0.29) is 0 Å². The molecular weight excluding hydrogens is 254 g/mol. The first kappa shape index (κ1) is 14.3. The van der Waals surface area contributed by atoms with Crippen LogP contribution in [0.2, 0.25) is 0 Å². The fraction of sp³-hybridized carbons (Fsp3) is 0.312. The zero-order chi connectivity index (χ0) is 14.5. The van der Waals surface area contributed by atoms with Crippen molar-refractivity contribution in [3.63, 3.8) is 0 Å². The van der Waals surface area contributed by atoms with Crippen molar-refractivity contribution in [1.29, 1.82) is 0 Å². The number of methoxy groups -OCH3 is 1. The first-order valence-corrected chi connectivity index (χ1v) is 6.49. The lowest BCUT2D eigenvalue weighted by Gasteiger charge is -2.14. The fourth-order valence-corrected chi connectivity index (χ4v) is 1.97. The largest absolute Gasteiger partial charge is 0.497 e. The Morgan fingerprint density at radius 2 is 2.05 bits per heavy atom. The van der Waals surface area contributed by atoms with E-state index in [2.05, 4.69) is 4.98 Å². The Morgan fingerprint density at radius 3 is 2.70 bits per heavy atom. The maximum absolute atomic E-state index is 9.78. The van der Waals surface area contributed by atoms with Gasteiger partial charge in [-0.05, 0) is 37.6 Å². The number of aromatic nitrogens is 1. The highest BCUT2D eigenvalue weighted by molar-refractivity contribution is 5.42. The van der Waals surface area contributed by atoms with Crippen LogP contribution in [0.3, 0.4) is 0 Å². The van der Waals surface area contributed by atoms with E-state index in [1.165, 1.54) is 0 Å². The molecule has 1 atom stereocenters. The lowest BCUT2D eigenvalue weighted by Crippen LogP contribution is -2.02. The second-order valence-electron chi connectivity index (χ2n) is 4.74. The SMILES string of the molecule is COc1ccc(C(C)O)c(OCc2cncc(C)c2)c1. The zero-order valence-electron chi connectivity index (χ0n) is 12.0. The Balaban J connectivity index is 2.19. The van der Waals surface area contributed by atoms with E-state index >= 15 is 0 Å². The third-order valence-electron chi connectivity index (χ3n) is 3.00. The first-order chi connectivity index (χ1) is 9.60. The van der Waals surface area contributed by atoms with Crippen LogP contribution in [0.15, 0.2) is 36.7 Å². The smallest absolute Gasteiger partial charge is 0.129 e. The molecule has 0 fully saturated rings. The predicted octanol–water partition coefficient (Wildman–Crippen LogP) is 3.03. The summed E-state index contributed by atoms with van der Waals surface area (Å²) in [5, 5.41) is 9.78. The second-order valence-corrected chi connectivity index (χ2v) is 4.74. The van der Waals surface area contributed by atoms with Gasteiger partial charge < -0.3 is 14.6 Å². The fourth-order valence-electron chi connectivity index (χ4n) is 1.97. The first-order valence-electron chi connectivity index (χ1n) is 6.49. The number of pyridine rings is 1. The minimum Gasteiger partial charge on any atom is -0.497 e. The molecule has 0 spiro atoms. The van der Waals surface area contributed by atoms with E-state index in [0.29, 0.717) is 18.1 Å². The van der Waals surface area contributed by atoms with Gasteiger partial charge >= 0.3 is 0 Å². The van der Waals surface area contributed by atoms with Crippen molar-refractivity contribution < 1.29 is 14.6 Å². The van der Waals surface area contributed by atoms with Gasteiger partial charge in [0.2, 0.25) is 0 Å². The molecule has 2 rings (SSSR count). The molecule has 1 unspecified atom stereocenters. The Bertz CT molecular complexity index is 582. The molecular formula is C16H19NO3. The molecule has 2 aromatic rings. The average molecular weight is 273 g/mol. The molecule has 0 aliphatic rings. The van der Waals surface area contributed by atoms with Crippen molar-refractivity contribution in [3.8, 4) is 11.5 Å². The van der Waals surface area contributed by atoms with Gasteiger partial charge in [0, 0.05) is 29.6 Å². The van der Waals surface area contributed by atoms with Gasteiger partial charge in [-0.25, -0.2) is 0 Å². The number of hydrogen-bond acceptors (Lipinski definition) is 4. The van der Waals surface area contributed by atoms with Crippen molar-refractivity contribution in [2.24, 2.45) is 0 Å². The lowest BCUT2D eigenvalue weighted by molar-refractivity contribution is 0.190. The molecule has 20 heavy (non-hydrogen) atoms. The van der Waals surface area contributed by atoms with E-state index in [9.17, 15) is 5.11 Å². The molecule has 1 N–H and O–H groups in total. The van der Waals surface area contributed by atoms with E-state index < -0.39 is 6.10 Å². The standard InChI is InChI=1S/C16H19NO3/c1-11-6-13(9-17-8-11)10-20-16-7-14(19-3)4-5-15(16)12(2)18/h4-9,12,18H,10H2,1-3H3. The number of benzene rings is 1. The summed E-state index contributed by atoms with van der Waals surface area (Å²) in [6.45, 7) is 4.10. The van der Waals surface area contributed by atoms with E-state index in [1.54, 1.807) is 32.5 Å². The van der Waals surface area contributed by atoms with Gasteiger partial charge in [-0.2, -0.15) is 0 Å². The van der Waals surface area contributed by atoms with Gasteiger partial charge in [-0.3, -0.25) is 4.98 Å². The molecule has 4 heteroatoms. The van der Waals surface area contributed by atoms with Crippen molar-refractivity contribution in [1.82, 2.24) is 4.98 Å². The van der Waals surface area contributed by atoms with Crippen molar-refractivity contribution in [3.05, 3.63) is 53.3 Å². The molecule has 0 bridgehead atoms. The van der Waals surface area contributed by atoms with Gasteiger partial charge in [0.1, 0.15) is 18.1 Å². The van der Waals surface area contributed by atoms with Crippen molar-refractivity contribution >= 4 is 0 Å². The molecule has 0 saturated heterocycles. The van der Waals surface area contributed by atoms with Crippen LogP contribution in [0.5, 0.6) is 11.5 Å². The maximum Gasteiger partial charge on any atom is 0.129 e. The van der Waals surface area contributed by atoms with Crippen molar-refractivity contribution in [2.75, 3.05) is 7.11 Å². The van der Waals surface area contributed by atoms with E-state index in [1.807, 2.05) is 25.1 Å². The van der Waals surface area contributed by atoms with Gasteiger partial charge in [0.15, 0.2) is 0 Å². The highest BCUT2D eigenvalue weighted by Crippen LogP contribution is 2.30. The number of aliphatic hydroxyl groups excluding tert-OH is 1. The molecule has 106 valence electrons. The van der Waals surface area contributed by atoms with Gasteiger partial charge in [0.25, 0.3) is 0 Å². The van der Waals surface area contributed by atoms with Crippen LogP contribution in [0.1, 0.15) is 29.7 Å². The normalized spacial score (nSPS) is 12.0. The highest BCUT2D eigenvalue weighted by atomic mass is 16.5. The van der Waals surface area contributed by atoms with Crippen LogP contribution in [-0.4, -0.2) is 17.2 Å². The number of aryl methyl sites for hydroxylation is 1. The van der Waals surface area contributed by atoms with Gasteiger partial charge in [0.05, 0.1) is 13.2 Å². The number of nitrogens with zero attached hydrogens (tertiary/aromatic N) is 1. The molecule has 0 amide bonds. The van der Waals surface area contributed by atoms with Crippen LogP contribution in [0.25, 0.3) is 0 Å². The number of hydrogen-bond donors (Lipinski definition) is 1. The predicted molar refractivity (Wildman–Crippen MR) is 76.9 cm³/mol. The summed E-state index contributed by atoms with van der Waals surface area (Å²) in [6, 6.07) is 7.43.